The molecule has 4 nitrogen and oxygen atoms in total. The lowest BCUT2D eigenvalue weighted by Crippen LogP contribution is -2.07. The molecular formula is C15H12N2O2. The molecule has 0 atom stereocenters. The summed E-state index contributed by atoms with van der Waals surface area (Å²) in [5.41, 5.74) is 2.12. The van der Waals surface area contributed by atoms with Crippen LogP contribution in [0.5, 0.6) is 5.75 Å². The maximum atomic E-state index is 11.9. The van der Waals surface area contributed by atoms with Gasteiger partial charge in [-0.2, -0.15) is 0 Å². The quantitative estimate of drug-likeness (QED) is 0.762. The summed E-state index contributed by atoms with van der Waals surface area (Å²) in [5, 5.41) is 0.901. The van der Waals surface area contributed by atoms with Crippen molar-refractivity contribution in [2.24, 2.45) is 0 Å². The summed E-state index contributed by atoms with van der Waals surface area (Å²) in [4.78, 5) is 18.9. The van der Waals surface area contributed by atoms with Gasteiger partial charge in [-0.1, -0.05) is 6.07 Å². The average molecular weight is 252 g/mol. The van der Waals surface area contributed by atoms with E-state index in [1.54, 1.807) is 25.6 Å². The van der Waals surface area contributed by atoms with Gasteiger partial charge in [-0.05, 0) is 35.9 Å². The van der Waals surface area contributed by atoms with Crippen LogP contribution in [0.25, 0.3) is 22.0 Å². The van der Waals surface area contributed by atoms with Crippen molar-refractivity contribution >= 4 is 10.9 Å². The van der Waals surface area contributed by atoms with Gasteiger partial charge in [-0.25, -0.2) is 0 Å². The van der Waals surface area contributed by atoms with Crippen LogP contribution in [0.2, 0.25) is 0 Å². The Morgan fingerprint density at radius 1 is 1.11 bits per heavy atom. The zero-order chi connectivity index (χ0) is 13.2. The van der Waals surface area contributed by atoms with Crippen LogP contribution in [0, 0.1) is 0 Å². The van der Waals surface area contributed by atoms with Crippen LogP contribution >= 0.6 is 0 Å². The summed E-state index contributed by atoms with van der Waals surface area (Å²) in [6.07, 6.45) is 3.33. The molecule has 19 heavy (non-hydrogen) atoms. The Kier molecular flexibility index (Phi) is 2.76. The van der Waals surface area contributed by atoms with E-state index >= 15 is 0 Å². The zero-order valence-corrected chi connectivity index (χ0v) is 10.4. The van der Waals surface area contributed by atoms with E-state index in [1.807, 2.05) is 30.3 Å². The Morgan fingerprint density at radius 3 is 2.79 bits per heavy atom. The monoisotopic (exact) mass is 252 g/mol. The van der Waals surface area contributed by atoms with Crippen molar-refractivity contribution in [3.8, 4) is 16.9 Å². The molecule has 0 aliphatic rings. The predicted octanol–water partition coefficient (Wildman–Crippen LogP) is 2.60. The van der Waals surface area contributed by atoms with Crippen LogP contribution < -0.4 is 10.3 Å². The van der Waals surface area contributed by atoms with Gasteiger partial charge in [-0.3, -0.25) is 9.78 Å². The summed E-state index contributed by atoms with van der Waals surface area (Å²) in [7, 11) is 1.61. The first kappa shape index (κ1) is 11.5. The van der Waals surface area contributed by atoms with Crippen molar-refractivity contribution in [2.75, 3.05) is 7.11 Å². The number of nitrogens with one attached hydrogen (secondary N) is 1. The normalized spacial score (nSPS) is 10.6. The van der Waals surface area contributed by atoms with E-state index in [9.17, 15) is 4.79 Å². The molecule has 3 rings (SSSR count). The summed E-state index contributed by atoms with van der Waals surface area (Å²) in [6, 6.07) is 11.1. The fourth-order valence-corrected chi connectivity index (χ4v) is 2.18. The second-order valence-electron chi connectivity index (χ2n) is 4.13. The molecule has 0 aliphatic carbocycles. The molecule has 0 spiro atoms. The highest BCUT2D eigenvalue weighted by Gasteiger charge is 2.10. The Hall–Kier alpha value is -2.62. The Balaban J connectivity index is 2.38. The van der Waals surface area contributed by atoms with Crippen molar-refractivity contribution in [1.29, 1.82) is 0 Å². The fourth-order valence-electron chi connectivity index (χ4n) is 2.18. The van der Waals surface area contributed by atoms with E-state index in [-0.39, 0.29) is 5.56 Å². The van der Waals surface area contributed by atoms with Gasteiger partial charge in [0.25, 0.3) is 5.56 Å². The SMILES string of the molecule is COc1ccc(-c2ccc[nH]c2=O)c2cccnc12. The molecule has 0 saturated heterocycles. The zero-order valence-electron chi connectivity index (χ0n) is 10.4. The minimum absolute atomic E-state index is 0.113. The van der Waals surface area contributed by atoms with Gasteiger partial charge in [0.1, 0.15) is 11.3 Å². The second-order valence-corrected chi connectivity index (χ2v) is 4.13. The number of methoxy groups -OCH3 is 1. The first-order valence-electron chi connectivity index (χ1n) is 5.91. The second kappa shape index (κ2) is 4.57. The van der Waals surface area contributed by atoms with Crippen LogP contribution in [-0.4, -0.2) is 17.1 Å². The summed E-state index contributed by atoms with van der Waals surface area (Å²) in [6.45, 7) is 0. The number of hydrogen-bond acceptors (Lipinski definition) is 3. The average Bonchev–Trinajstić information content (AvgIpc) is 2.47. The van der Waals surface area contributed by atoms with Crippen molar-refractivity contribution in [1.82, 2.24) is 9.97 Å². The number of pyridine rings is 2. The fraction of sp³-hybridized carbons (Fsp3) is 0.0667. The number of aromatic nitrogens is 2. The highest BCUT2D eigenvalue weighted by molar-refractivity contribution is 5.97. The third-order valence-electron chi connectivity index (χ3n) is 3.06. The molecule has 0 amide bonds. The van der Waals surface area contributed by atoms with Crippen LogP contribution in [0.15, 0.2) is 53.6 Å². The van der Waals surface area contributed by atoms with Crippen molar-refractivity contribution in [3.63, 3.8) is 0 Å². The van der Waals surface area contributed by atoms with E-state index in [0.29, 0.717) is 11.3 Å². The molecule has 0 unspecified atom stereocenters. The van der Waals surface area contributed by atoms with Crippen LogP contribution in [0.1, 0.15) is 0 Å². The van der Waals surface area contributed by atoms with E-state index in [4.69, 9.17) is 4.74 Å². The van der Waals surface area contributed by atoms with E-state index in [0.717, 1.165) is 16.5 Å². The number of hydrogen-bond donors (Lipinski definition) is 1. The lowest BCUT2D eigenvalue weighted by Gasteiger charge is -2.09. The smallest absolute Gasteiger partial charge is 0.255 e. The number of H-pyrrole nitrogens is 1. The number of benzene rings is 1. The van der Waals surface area contributed by atoms with Crippen LogP contribution in [0.4, 0.5) is 0 Å². The minimum atomic E-state index is -0.113. The van der Waals surface area contributed by atoms with Crippen molar-refractivity contribution in [3.05, 3.63) is 59.1 Å². The van der Waals surface area contributed by atoms with Gasteiger partial charge in [0.15, 0.2) is 0 Å². The number of rotatable bonds is 2. The molecule has 94 valence electrons. The topological polar surface area (TPSA) is 55.0 Å². The van der Waals surface area contributed by atoms with Crippen molar-refractivity contribution in [2.45, 2.75) is 0 Å². The molecule has 1 N–H and O–H groups in total. The third-order valence-corrected chi connectivity index (χ3v) is 3.06. The lowest BCUT2D eigenvalue weighted by atomic mass is 10.0. The molecule has 0 aliphatic heterocycles. The molecule has 3 aromatic rings. The van der Waals surface area contributed by atoms with Gasteiger partial charge in [0, 0.05) is 23.3 Å². The third kappa shape index (κ3) is 1.87. The molecule has 0 bridgehead atoms. The summed E-state index contributed by atoms with van der Waals surface area (Å²) >= 11 is 0. The lowest BCUT2D eigenvalue weighted by molar-refractivity contribution is 0.419. The van der Waals surface area contributed by atoms with Gasteiger partial charge in [0.05, 0.1) is 7.11 Å². The van der Waals surface area contributed by atoms with E-state index in [2.05, 4.69) is 9.97 Å². The van der Waals surface area contributed by atoms with Crippen molar-refractivity contribution < 1.29 is 4.74 Å². The van der Waals surface area contributed by atoms with Crippen LogP contribution in [-0.2, 0) is 0 Å². The molecule has 1 aromatic carbocycles. The highest BCUT2D eigenvalue weighted by Crippen LogP contribution is 2.31. The molecule has 2 aromatic heterocycles. The summed E-state index contributed by atoms with van der Waals surface area (Å²) in [5.74, 6) is 0.701. The Morgan fingerprint density at radius 2 is 2.00 bits per heavy atom. The Labute approximate surface area is 109 Å². The minimum Gasteiger partial charge on any atom is -0.494 e. The number of ether oxygens (including phenoxy) is 1. The number of fused-ring (bicyclic) bond motifs is 1. The summed E-state index contributed by atoms with van der Waals surface area (Å²) < 4.78 is 5.30. The molecule has 2 heterocycles. The number of aromatic amines is 1. The molecule has 4 heteroatoms. The molecule has 0 saturated carbocycles. The van der Waals surface area contributed by atoms with E-state index < -0.39 is 0 Å². The first-order chi connectivity index (χ1) is 9.31. The Bertz CT molecular complexity index is 793. The standard InChI is InChI=1S/C15H12N2O2/c1-19-13-7-6-10(11-4-2-8-16-14(11)13)12-5-3-9-17-15(12)18/h2-9H,1H3,(H,17,18). The molecular weight excluding hydrogens is 240 g/mol. The maximum Gasteiger partial charge on any atom is 0.255 e. The van der Waals surface area contributed by atoms with Gasteiger partial charge in [0.2, 0.25) is 0 Å². The maximum absolute atomic E-state index is 11.9. The van der Waals surface area contributed by atoms with Gasteiger partial charge >= 0.3 is 0 Å². The van der Waals surface area contributed by atoms with E-state index in [1.165, 1.54) is 0 Å². The molecule has 0 fully saturated rings. The largest absolute Gasteiger partial charge is 0.494 e. The predicted molar refractivity (Wildman–Crippen MR) is 74.4 cm³/mol. The van der Waals surface area contributed by atoms with Gasteiger partial charge < -0.3 is 9.72 Å². The van der Waals surface area contributed by atoms with Crippen LogP contribution in [0.3, 0.4) is 0 Å². The number of nitrogens with zero attached hydrogens (tertiary/aromatic N) is 1. The highest BCUT2D eigenvalue weighted by atomic mass is 16.5. The first-order valence-corrected chi connectivity index (χ1v) is 5.91. The molecule has 0 radical (unpaired) electrons. The van der Waals surface area contributed by atoms with Gasteiger partial charge in [-0.15, -0.1) is 0 Å².